The Morgan fingerprint density at radius 1 is 1.03 bits per heavy atom. The summed E-state index contributed by atoms with van der Waals surface area (Å²) in [7, 11) is 1.60. The van der Waals surface area contributed by atoms with Gasteiger partial charge in [-0.3, -0.25) is 0 Å². The van der Waals surface area contributed by atoms with Crippen molar-refractivity contribution in [2.24, 2.45) is 0 Å². The van der Waals surface area contributed by atoms with Crippen LogP contribution in [-0.4, -0.2) is 49.2 Å². The molecule has 0 amide bonds. The standard InChI is InChI=1S/C22H29N7O/c1-21(2)13-15(14-22(3,4)28-21)24-19-10-8-17(26-27-19)16-7-9-18(20(25-16)30-5)29-12-6-11-23-29/h6-12,15,28H,13-14H2,1-5H3,(H,24,27). The van der Waals surface area contributed by atoms with Crippen LogP contribution in [0.15, 0.2) is 42.7 Å². The lowest BCUT2D eigenvalue weighted by Crippen LogP contribution is -2.60. The van der Waals surface area contributed by atoms with Gasteiger partial charge in [-0.2, -0.15) is 5.10 Å². The lowest BCUT2D eigenvalue weighted by molar-refractivity contribution is 0.170. The molecule has 0 unspecified atom stereocenters. The molecule has 8 nitrogen and oxygen atoms in total. The fraction of sp³-hybridized carbons (Fsp3) is 0.455. The lowest BCUT2D eigenvalue weighted by Gasteiger charge is -2.46. The second-order valence-corrected chi connectivity index (χ2v) is 9.12. The summed E-state index contributed by atoms with van der Waals surface area (Å²) in [5.74, 6) is 1.26. The Labute approximate surface area is 177 Å². The summed E-state index contributed by atoms with van der Waals surface area (Å²) in [5.41, 5.74) is 2.31. The summed E-state index contributed by atoms with van der Waals surface area (Å²) in [5, 5.41) is 20.3. The van der Waals surface area contributed by atoms with Crippen LogP contribution in [-0.2, 0) is 0 Å². The summed E-state index contributed by atoms with van der Waals surface area (Å²) in [4.78, 5) is 4.59. The van der Waals surface area contributed by atoms with E-state index in [4.69, 9.17) is 4.74 Å². The average molecular weight is 408 g/mol. The molecule has 0 radical (unpaired) electrons. The monoisotopic (exact) mass is 407 g/mol. The van der Waals surface area contributed by atoms with Gasteiger partial charge in [-0.25, -0.2) is 9.67 Å². The minimum Gasteiger partial charge on any atom is -0.479 e. The van der Waals surface area contributed by atoms with E-state index >= 15 is 0 Å². The van der Waals surface area contributed by atoms with Gasteiger partial charge in [-0.05, 0) is 70.9 Å². The van der Waals surface area contributed by atoms with Crippen LogP contribution in [0.4, 0.5) is 5.82 Å². The molecule has 3 aromatic rings. The minimum absolute atomic E-state index is 0.0730. The van der Waals surface area contributed by atoms with E-state index in [-0.39, 0.29) is 11.1 Å². The van der Waals surface area contributed by atoms with Gasteiger partial charge in [-0.15, -0.1) is 10.2 Å². The second-order valence-electron chi connectivity index (χ2n) is 9.12. The van der Waals surface area contributed by atoms with Crippen LogP contribution in [0.25, 0.3) is 17.1 Å². The van der Waals surface area contributed by atoms with Crippen LogP contribution in [0.2, 0.25) is 0 Å². The Kier molecular flexibility index (Phi) is 5.19. The molecule has 1 aliphatic heterocycles. The van der Waals surface area contributed by atoms with Gasteiger partial charge in [0.05, 0.1) is 12.8 Å². The van der Waals surface area contributed by atoms with Gasteiger partial charge in [0, 0.05) is 29.5 Å². The smallest absolute Gasteiger partial charge is 0.240 e. The molecule has 0 saturated carbocycles. The van der Waals surface area contributed by atoms with Crippen molar-refractivity contribution in [1.82, 2.24) is 30.3 Å². The normalized spacial score (nSPS) is 18.2. The van der Waals surface area contributed by atoms with Crippen molar-refractivity contribution in [2.75, 3.05) is 12.4 Å². The highest BCUT2D eigenvalue weighted by Gasteiger charge is 2.37. The zero-order chi connectivity index (χ0) is 21.4. The summed E-state index contributed by atoms with van der Waals surface area (Å²) in [6, 6.07) is 9.90. The number of anilines is 1. The molecule has 4 rings (SSSR count). The number of pyridine rings is 1. The third kappa shape index (κ3) is 4.43. The summed E-state index contributed by atoms with van der Waals surface area (Å²) >= 11 is 0. The molecule has 30 heavy (non-hydrogen) atoms. The van der Waals surface area contributed by atoms with E-state index in [0.29, 0.717) is 23.3 Å². The Morgan fingerprint density at radius 3 is 2.37 bits per heavy atom. The molecule has 1 saturated heterocycles. The first-order chi connectivity index (χ1) is 14.2. The molecule has 8 heteroatoms. The zero-order valence-electron chi connectivity index (χ0n) is 18.2. The van der Waals surface area contributed by atoms with Crippen molar-refractivity contribution < 1.29 is 4.74 Å². The molecule has 4 heterocycles. The fourth-order valence-electron chi connectivity index (χ4n) is 4.49. The minimum atomic E-state index is 0.0730. The van der Waals surface area contributed by atoms with Crippen molar-refractivity contribution in [2.45, 2.75) is 57.7 Å². The highest BCUT2D eigenvalue weighted by atomic mass is 16.5. The Morgan fingerprint density at radius 2 is 1.77 bits per heavy atom. The number of rotatable bonds is 5. The predicted molar refractivity (Wildman–Crippen MR) is 117 cm³/mol. The molecule has 0 aliphatic carbocycles. The maximum Gasteiger partial charge on any atom is 0.240 e. The number of methoxy groups -OCH3 is 1. The van der Waals surface area contributed by atoms with E-state index in [1.54, 1.807) is 18.0 Å². The Bertz CT molecular complexity index is 981. The van der Waals surface area contributed by atoms with Crippen LogP contribution in [0, 0.1) is 0 Å². The van der Waals surface area contributed by atoms with Gasteiger partial charge in [0.15, 0.2) is 0 Å². The third-order valence-corrected chi connectivity index (χ3v) is 5.25. The van der Waals surface area contributed by atoms with Crippen molar-refractivity contribution in [3.05, 3.63) is 42.7 Å². The van der Waals surface area contributed by atoms with Crippen molar-refractivity contribution in [3.63, 3.8) is 0 Å². The fourth-order valence-corrected chi connectivity index (χ4v) is 4.49. The predicted octanol–water partition coefficient (Wildman–Crippen LogP) is 3.45. The molecular formula is C22H29N7O. The van der Waals surface area contributed by atoms with E-state index in [0.717, 1.165) is 24.3 Å². The second kappa shape index (κ2) is 7.68. The van der Waals surface area contributed by atoms with E-state index < -0.39 is 0 Å². The molecule has 2 N–H and O–H groups in total. The van der Waals surface area contributed by atoms with Gasteiger partial charge >= 0.3 is 0 Å². The maximum atomic E-state index is 5.46. The van der Waals surface area contributed by atoms with Crippen LogP contribution < -0.4 is 15.4 Å². The third-order valence-electron chi connectivity index (χ3n) is 5.25. The van der Waals surface area contributed by atoms with E-state index in [1.165, 1.54) is 0 Å². The summed E-state index contributed by atoms with van der Waals surface area (Å²) in [6.07, 6.45) is 5.61. The first kappa shape index (κ1) is 20.3. The van der Waals surface area contributed by atoms with E-state index in [2.05, 4.69) is 58.6 Å². The largest absolute Gasteiger partial charge is 0.479 e. The molecule has 0 bridgehead atoms. The van der Waals surface area contributed by atoms with Gasteiger partial charge in [0.1, 0.15) is 17.2 Å². The topological polar surface area (TPSA) is 89.8 Å². The number of hydrogen-bond donors (Lipinski definition) is 2. The average Bonchev–Trinajstić information content (AvgIpc) is 3.20. The van der Waals surface area contributed by atoms with E-state index in [9.17, 15) is 0 Å². The van der Waals surface area contributed by atoms with Gasteiger partial charge in [0.25, 0.3) is 0 Å². The summed E-state index contributed by atoms with van der Waals surface area (Å²) in [6.45, 7) is 8.96. The number of aromatic nitrogens is 5. The first-order valence-electron chi connectivity index (χ1n) is 10.2. The molecule has 3 aromatic heterocycles. The molecule has 0 atom stereocenters. The Hall–Kier alpha value is -3.00. The molecule has 158 valence electrons. The first-order valence-corrected chi connectivity index (χ1v) is 10.2. The molecular weight excluding hydrogens is 378 g/mol. The maximum absolute atomic E-state index is 5.46. The van der Waals surface area contributed by atoms with Gasteiger partial charge < -0.3 is 15.4 Å². The summed E-state index contributed by atoms with van der Waals surface area (Å²) < 4.78 is 7.17. The van der Waals surface area contributed by atoms with Crippen LogP contribution in [0.3, 0.4) is 0 Å². The zero-order valence-corrected chi connectivity index (χ0v) is 18.2. The van der Waals surface area contributed by atoms with Gasteiger partial charge in [-0.1, -0.05) is 0 Å². The van der Waals surface area contributed by atoms with Crippen molar-refractivity contribution >= 4 is 5.82 Å². The molecule has 1 aliphatic rings. The van der Waals surface area contributed by atoms with Crippen molar-refractivity contribution in [3.8, 4) is 23.0 Å². The molecule has 0 aromatic carbocycles. The highest BCUT2D eigenvalue weighted by Crippen LogP contribution is 2.30. The quantitative estimate of drug-likeness (QED) is 0.669. The highest BCUT2D eigenvalue weighted by molar-refractivity contribution is 5.59. The number of nitrogens with zero attached hydrogens (tertiary/aromatic N) is 5. The van der Waals surface area contributed by atoms with E-state index in [1.807, 2.05) is 36.5 Å². The number of piperidine rings is 1. The number of hydrogen-bond acceptors (Lipinski definition) is 7. The molecule has 1 fully saturated rings. The van der Waals surface area contributed by atoms with Crippen LogP contribution in [0.5, 0.6) is 5.88 Å². The van der Waals surface area contributed by atoms with Crippen molar-refractivity contribution in [1.29, 1.82) is 0 Å². The number of nitrogens with one attached hydrogen (secondary N) is 2. The lowest BCUT2D eigenvalue weighted by atomic mass is 9.79. The van der Waals surface area contributed by atoms with Crippen LogP contribution in [0.1, 0.15) is 40.5 Å². The number of ether oxygens (including phenoxy) is 1. The SMILES string of the molecule is COc1nc(-c2ccc(NC3CC(C)(C)NC(C)(C)C3)nn2)ccc1-n1cccn1. The molecule has 0 spiro atoms. The van der Waals surface area contributed by atoms with Gasteiger partial charge in [0.2, 0.25) is 5.88 Å². The Balaban J connectivity index is 1.51. The van der Waals surface area contributed by atoms with Crippen LogP contribution >= 0.6 is 0 Å².